The summed E-state index contributed by atoms with van der Waals surface area (Å²) in [5.41, 5.74) is 62.9. The molecule has 5 atom stereocenters. The maximum absolute atomic E-state index is 6.47. The zero-order valence-electron chi connectivity index (χ0n) is 73.2. The summed E-state index contributed by atoms with van der Waals surface area (Å²) < 4.78 is 14.5. The normalized spacial score (nSPS) is 18.1. The lowest BCUT2D eigenvalue weighted by molar-refractivity contribution is 0.453. The summed E-state index contributed by atoms with van der Waals surface area (Å²) in [5, 5.41) is 48.1. The molecule has 1 aliphatic carbocycles. The predicted octanol–water partition coefficient (Wildman–Crippen LogP) is 15.1. The van der Waals surface area contributed by atoms with E-state index >= 15 is 0 Å². The number of nitrogens with one attached hydrogen (secondary N) is 5. The molecule has 14 aromatic heterocycles. The largest absolute Gasteiger partial charge is 0.384 e. The van der Waals surface area contributed by atoms with Crippen molar-refractivity contribution in [1.29, 1.82) is 0 Å². The van der Waals surface area contributed by atoms with Gasteiger partial charge < -0.3 is 61.0 Å². The van der Waals surface area contributed by atoms with Crippen molar-refractivity contribution < 1.29 is 0 Å². The average Bonchev–Trinajstić information content (AvgIpc) is 1.66. The summed E-state index contributed by atoms with van der Waals surface area (Å²) in [7, 11) is 1.88. The topological polar surface area (TPSA) is 428 Å². The molecular formula is C93H108Br3ClN32. The molecule has 5 fully saturated rings. The van der Waals surface area contributed by atoms with Crippen LogP contribution in [0.25, 0.3) is 84.0 Å². The van der Waals surface area contributed by atoms with Crippen molar-refractivity contribution in [3.63, 3.8) is 0 Å². The molecule has 17 N–H and O–H groups in total. The summed E-state index contributed by atoms with van der Waals surface area (Å²) in [4.78, 5) is 33.4. The first kappa shape index (κ1) is 89.3. The van der Waals surface area contributed by atoms with E-state index in [4.69, 9.17) is 70.9 Å². The third-order valence-corrected chi connectivity index (χ3v) is 27.6. The van der Waals surface area contributed by atoms with Gasteiger partial charge in [0, 0.05) is 149 Å². The molecule has 0 spiro atoms. The summed E-state index contributed by atoms with van der Waals surface area (Å²) >= 11 is 17.4. The quantitative estimate of drug-likeness (QED) is 0.0573. The first-order valence-corrected chi connectivity index (χ1v) is 46.9. The van der Waals surface area contributed by atoms with Crippen molar-refractivity contribution in [3.05, 3.63) is 227 Å². The molecule has 0 bridgehead atoms. The van der Waals surface area contributed by atoms with Crippen LogP contribution < -0.4 is 61.0 Å². The van der Waals surface area contributed by atoms with Gasteiger partial charge in [-0.3, -0.25) is 9.67 Å². The van der Waals surface area contributed by atoms with Crippen molar-refractivity contribution in [2.45, 2.75) is 141 Å². The Hall–Kier alpha value is -11.7. The molecule has 16 aromatic rings. The number of nitrogens with two attached hydrogens (primary N) is 6. The van der Waals surface area contributed by atoms with E-state index < -0.39 is 0 Å². The van der Waals surface area contributed by atoms with Gasteiger partial charge in [0.15, 0.2) is 33.9 Å². The molecule has 0 amide bonds. The highest BCUT2D eigenvalue weighted by atomic mass is 79.9. The number of anilines is 6. The van der Waals surface area contributed by atoms with Crippen LogP contribution in [-0.4, -0.2) is 168 Å². The Morgan fingerprint density at radius 2 is 0.868 bits per heavy atom. The Kier molecular flexibility index (Phi) is 27.5. The van der Waals surface area contributed by atoms with Crippen LogP contribution in [0.4, 0.5) is 34.9 Å². The van der Waals surface area contributed by atoms with Gasteiger partial charge in [-0.2, -0.15) is 62.8 Å². The second kappa shape index (κ2) is 39.7. The molecule has 668 valence electrons. The Bertz CT molecular complexity index is 6770. The summed E-state index contributed by atoms with van der Waals surface area (Å²) in [6.45, 7) is 20.1. The van der Waals surface area contributed by atoms with Gasteiger partial charge in [0.2, 0.25) is 0 Å². The molecule has 22 rings (SSSR count). The Morgan fingerprint density at radius 1 is 0.419 bits per heavy atom. The van der Waals surface area contributed by atoms with Crippen LogP contribution in [0, 0.1) is 27.7 Å². The second-order valence-corrected chi connectivity index (χ2v) is 36.4. The zero-order chi connectivity index (χ0) is 89.7. The Morgan fingerprint density at radius 3 is 1.34 bits per heavy atom. The van der Waals surface area contributed by atoms with Crippen molar-refractivity contribution >= 4 is 134 Å². The molecule has 0 saturated carbocycles. The van der Waals surface area contributed by atoms with E-state index in [1.165, 1.54) is 24.0 Å². The number of pyridine rings is 1. The molecule has 2 aromatic carbocycles. The van der Waals surface area contributed by atoms with E-state index in [0.29, 0.717) is 63.6 Å². The molecule has 36 heteroatoms. The van der Waals surface area contributed by atoms with Crippen molar-refractivity contribution in [2.75, 3.05) is 99.8 Å². The molecule has 19 heterocycles. The maximum atomic E-state index is 6.47. The van der Waals surface area contributed by atoms with Crippen LogP contribution in [0.1, 0.15) is 169 Å². The average molecular weight is 1950 g/mol. The third-order valence-electron chi connectivity index (χ3n) is 24.8. The molecule has 0 radical (unpaired) electrons. The third kappa shape index (κ3) is 18.8. The van der Waals surface area contributed by atoms with Gasteiger partial charge in [-0.05, 0) is 208 Å². The minimum Gasteiger partial charge on any atom is -0.384 e. The standard InChI is InChI=1S/C18H20BrN5.C17H19BrN6.C17H18BrN5.C16H19N5.C15H18ClN7.C10H14N4/c1-11-4-2-5-12(8-11)14-10-22-24-17(20)15(19)16(23-18(14)24)13-6-3-7-21-9-13;1-10-4-5-11(8-21-10)13-9-22-24-16(19)14(18)15(23-17(13)24)12-3-2-6-20-7-12;18-14-15(12-7-4-8-20-9-12)22-17-13(10-21-23(17)16(14)19)11-5-2-1-3-6-11;17-15-8-14(12-6-3-7-18-9-12)20-16-13(10-19-21(15)16)11-4-1-2-5-11;1-22-8-10(6-19-22)11-7-20-23-14(17)12(16)13(21-15(11)23)9-3-2-4-18-5-9;1-4-8-7(3)13-10-6(2)5-12-14(10)9(8)11/h2,4-5,8,10,13,21H,3,6-7,9,20H2,1H3;4-5,8-9,12,20H,2-3,6-7,19H2,1H3;1-3,5-6,10,12,20H,4,7-9,19H2;1,4-5,8,10,12,18H,2-3,6-7,9,17H2;6-9,18H,2-5,17H2,1H3;5H,4,11H2,1-3H3. The van der Waals surface area contributed by atoms with Crippen LogP contribution in [-0.2, 0) is 13.5 Å². The van der Waals surface area contributed by atoms with Gasteiger partial charge in [0.05, 0.1) is 85.3 Å². The molecule has 32 nitrogen and oxygen atoms in total. The number of allylic oxidation sites excluding steroid dienone is 4. The lowest BCUT2D eigenvalue weighted by atomic mass is 9.95. The van der Waals surface area contributed by atoms with Gasteiger partial charge in [-0.1, -0.05) is 103 Å². The van der Waals surface area contributed by atoms with Crippen LogP contribution in [0.15, 0.2) is 160 Å². The number of nitrogen functional groups attached to an aromatic ring is 6. The second-order valence-electron chi connectivity index (χ2n) is 33.7. The van der Waals surface area contributed by atoms with Gasteiger partial charge in [-0.25, -0.2) is 29.9 Å². The highest BCUT2D eigenvalue weighted by Crippen LogP contribution is 2.41. The number of rotatable bonds is 11. The molecule has 5 aliphatic heterocycles. The monoisotopic (exact) mass is 1940 g/mol. The summed E-state index contributed by atoms with van der Waals surface area (Å²) in [5.74, 6) is 5.46. The van der Waals surface area contributed by atoms with Gasteiger partial charge in [-0.15, -0.1) is 0 Å². The molecule has 6 aliphatic rings. The number of aryl methyl sites for hydroxylation is 5. The number of hydrogen-bond donors (Lipinski definition) is 11. The first-order chi connectivity index (χ1) is 62.7. The minimum absolute atomic E-state index is 0.278. The first-order valence-electron chi connectivity index (χ1n) is 44.2. The highest BCUT2D eigenvalue weighted by molar-refractivity contribution is 9.11. The Labute approximate surface area is 777 Å². The SMILES string of the molecule is CCc1c(C)nc2c(C)cnn2c1N.Cc1ccc(-c2cnn3c(N)c(Br)c(C4CCCNC4)nc23)cn1.Cc1cccc(-c2cnn3c(N)c(Br)c(C4CCCNC4)nc23)c1.Cn1cc(-c2cnn3c(N)c(Cl)c(C4CCCNC4)nc23)cn1.Nc1c(Br)c(C2CCCNC2)nc2c(-c3ccccc3)cnn12.Nc1cc(C2CCCNC2)nc2c(C3=CCC=C3)cnn12. The van der Waals surface area contributed by atoms with E-state index in [2.05, 4.69) is 189 Å². The number of fused-ring (bicyclic) bond motifs is 6. The van der Waals surface area contributed by atoms with E-state index in [0.717, 1.165) is 278 Å². The number of benzene rings is 2. The number of halogens is 4. The fraction of sp³-hybridized carbons (Fsp3) is 0.355. The fourth-order valence-corrected chi connectivity index (χ4v) is 19.8. The van der Waals surface area contributed by atoms with Gasteiger partial charge in [0.25, 0.3) is 0 Å². The van der Waals surface area contributed by atoms with Crippen LogP contribution in [0.3, 0.4) is 0 Å². The molecule has 5 unspecified atom stereocenters. The van der Waals surface area contributed by atoms with Crippen LogP contribution >= 0.6 is 59.4 Å². The minimum atomic E-state index is 0.278. The smallest absolute Gasteiger partial charge is 0.165 e. The van der Waals surface area contributed by atoms with Crippen molar-refractivity contribution in [3.8, 4) is 44.5 Å². The fourth-order valence-electron chi connectivity index (χ4n) is 17.8. The van der Waals surface area contributed by atoms with Gasteiger partial charge >= 0.3 is 0 Å². The van der Waals surface area contributed by atoms with Crippen molar-refractivity contribution in [1.82, 2.24) is 129 Å². The summed E-state index contributed by atoms with van der Waals surface area (Å²) in [6.07, 6.45) is 36.2. The van der Waals surface area contributed by atoms with E-state index in [-0.39, 0.29) is 5.92 Å². The molecule has 5 saturated heterocycles. The Balaban J connectivity index is 0.000000109. The molecular weight excluding hydrogens is 1840 g/mol. The number of nitrogens with zero attached hydrogens (tertiary/aromatic N) is 21. The number of aromatic nitrogens is 21. The van der Waals surface area contributed by atoms with E-state index in [1.54, 1.807) is 56.6 Å². The zero-order valence-corrected chi connectivity index (χ0v) is 78.7. The number of piperidine rings is 5. The van der Waals surface area contributed by atoms with Crippen LogP contribution in [0.5, 0.6) is 0 Å². The highest BCUT2D eigenvalue weighted by Gasteiger charge is 2.31. The number of hydrogen-bond acceptors (Lipinski definition) is 25. The van der Waals surface area contributed by atoms with E-state index in [1.807, 2.05) is 95.2 Å². The molecule has 129 heavy (non-hydrogen) atoms. The maximum Gasteiger partial charge on any atom is 0.165 e. The lowest BCUT2D eigenvalue weighted by Crippen LogP contribution is -2.29. The lowest BCUT2D eigenvalue weighted by Gasteiger charge is -2.23. The summed E-state index contributed by atoms with van der Waals surface area (Å²) in [6, 6.07) is 24.6. The van der Waals surface area contributed by atoms with Gasteiger partial charge in [0.1, 0.15) is 39.9 Å². The van der Waals surface area contributed by atoms with Crippen molar-refractivity contribution in [2.24, 2.45) is 7.05 Å². The van der Waals surface area contributed by atoms with Crippen LogP contribution in [0.2, 0.25) is 5.02 Å². The predicted molar refractivity (Wildman–Crippen MR) is 523 cm³/mol. The van der Waals surface area contributed by atoms with E-state index in [9.17, 15) is 0 Å².